The summed E-state index contributed by atoms with van der Waals surface area (Å²) in [5.41, 5.74) is 7.26. The van der Waals surface area contributed by atoms with Gasteiger partial charge in [0.15, 0.2) is 31.6 Å². The quantitative estimate of drug-likeness (QED) is 0.309. The minimum absolute atomic E-state index is 0.0187. The van der Waals surface area contributed by atoms with Crippen molar-refractivity contribution in [3.05, 3.63) is 29.8 Å². The number of aliphatic hydroxyl groups is 1. The number of thioether (sulfide) groups is 1. The zero-order valence-corrected chi connectivity index (χ0v) is 20.3. The Hall–Kier alpha value is -1.95. The molecule has 2 atom stereocenters. The molecule has 0 fully saturated rings. The molecule has 0 unspecified atom stereocenters. The molecule has 0 spiro atoms. The lowest BCUT2D eigenvalue weighted by Gasteiger charge is -2.19. The van der Waals surface area contributed by atoms with Gasteiger partial charge in [0, 0.05) is 11.5 Å². The molecule has 1 aromatic carbocycles. The molecule has 31 heavy (non-hydrogen) atoms. The van der Waals surface area contributed by atoms with Crippen LogP contribution in [0.4, 0.5) is 10.9 Å². The number of thiazole rings is 1. The summed E-state index contributed by atoms with van der Waals surface area (Å²) in [4.78, 5) is 13.8. The molecule has 4 N–H and O–H groups in total. The molecule has 0 saturated carbocycles. The SMILES string of the molecule is CC(C)C[C@H](CO)Nc1nc(S[C@H](C)c2cccc(S(C)(=O)=O)c2)nc2nc(N)sc12. The van der Waals surface area contributed by atoms with Crippen LogP contribution in [-0.4, -0.2) is 47.4 Å². The molecule has 0 aliphatic carbocycles. The third kappa shape index (κ3) is 6.06. The molecule has 3 rings (SSSR count). The molecule has 2 aromatic heterocycles. The van der Waals surface area contributed by atoms with Crippen molar-refractivity contribution in [1.29, 1.82) is 0 Å². The van der Waals surface area contributed by atoms with Gasteiger partial charge in [0.25, 0.3) is 0 Å². The lowest BCUT2D eigenvalue weighted by molar-refractivity contribution is 0.259. The number of nitrogens with one attached hydrogen (secondary N) is 1. The fourth-order valence-corrected chi connectivity index (χ4v) is 5.42. The maximum absolute atomic E-state index is 11.9. The second-order valence-electron chi connectivity index (χ2n) is 7.82. The second-order valence-corrected chi connectivity index (χ2v) is 12.2. The number of fused-ring (bicyclic) bond motifs is 1. The fraction of sp³-hybridized carbons (Fsp3) is 0.450. The van der Waals surface area contributed by atoms with Gasteiger partial charge in [0.05, 0.1) is 17.5 Å². The zero-order valence-electron chi connectivity index (χ0n) is 17.9. The molecule has 0 radical (unpaired) electrons. The van der Waals surface area contributed by atoms with Gasteiger partial charge in [0.2, 0.25) is 0 Å². The van der Waals surface area contributed by atoms with Crippen LogP contribution in [0.25, 0.3) is 10.3 Å². The lowest BCUT2D eigenvalue weighted by atomic mass is 10.0. The highest BCUT2D eigenvalue weighted by atomic mass is 32.2. The highest BCUT2D eigenvalue weighted by Gasteiger charge is 2.19. The largest absolute Gasteiger partial charge is 0.394 e. The Balaban J connectivity index is 1.92. The number of anilines is 2. The molecule has 0 aliphatic heterocycles. The average Bonchev–Trinajstić information content (AvgIpc) is 3.07. The van der Waals surface area contributed by atoms with Crippen LogP contribution in [0.3, 0.4) is 0 Å². The zero-order chi connectivity index (χ0) is 22.8. The summed E-state index contributed by atoms with van der Waals surface area (Å²) in [7, 11) is -3.29. The van der Waals surface area contributed by atoms with E-state index >= 15 is 0 Å². The molecule has 0 aliphatic rings. The summed E-state index contributed by atoms with van der Waals surface area (Å²) in [5, 5.41) is 13.9. The summed E-state index contributed by atoms with van der Waals surface area (Å²) >= 11 is 2.71. The third-order valence-corrected chi connectivity index (χ3v) is 7.61. The number of benzene rings is 1. The topological polar surface area (TPSA) is 131 Å². The van der Waals surface area contributed by atoms with Crippen molar-refractivity contribution in [1.82, 2.24) is 15.0 Å². The van der Waals surface area contributed by atoms with Crippen LogP contribution in [0, 0.1) is 5.92 Å². The molecule has 2 heterocycles. The second kappa shape index (κ2) is 9.68. The number of hydrogen-bond acceptors (Lipinski definition) is 10. The number of nitrogens with two attached hydrogens (primary N) is 1. The Bertz CT molecular complexity index is 1160. The van der Waals surface area contributed by atoms with E-state index in [1.807, 2.05) is 13.0 Å². The van der Waals surface area contributed by atoms with E-state index in [1.54, 1.807) is 18.2 Å². The van der Waals surface area contributed by atoms with Crippen LogP contribution in [0.5, 0.6) is 0 Å². The Morgan fingerprint density at radius 1 is 1.23 bits per heavy atom. The third-order valence-electron chi connectivity index (χ3n) is 4.60. The number of nitrogen functional groups attached to an aromatic ring is 1. The Labute approximate surface area is 190 Å². The number of hydrogen-bond donors (Lipinski definition) is 3. The lowest BCUT2D eigenvalue weighted by Crippen LogP contribution is -2.26. The standard InChI is InChI=1S/C20H27N5O3S3/c1-11(2)8-14(10-26)22-17-16-18(23-19(21)30-16)25-20(24-17)29-12(3)13-6-5-7-15(9-13)31(4,27)28/h5-7,9,11-12,14,26H,8,10H2,1-4H3,(H3,21,22,23,24,25)/t12-,14-/m1/s1. The molecule has 168 valence electrons. The number of nitrogens with zero attached hydrogens (tertiary/aromatic N) is 3. The van der Waals surface area contributed by atoms with Gasteiger partial charge in [-0.05, 0) is 37.0 Å². The van der Waals surface area contributed by atoms with E-state index in [9.17, 15) is 13.5 Å². The van der Waals surface area contributed by atoms with E-state index in [0.29, 0.717) is 27.7 Å². The van der Waals surface area contributed by atoms with Gasteiger partial charge in [-0.1, -0.05) is 49.1 Å². The number of aliphatic hydroxyl groups excluding tert-OH is 1. The summed E-state index contributed by atoms with van der Waals surface area (Å²) in [5.74, 6) is 1.00. The minimum atomic E-state index is -3.29. The minimum Gasteiger partial charge on any atom is -0.394 e. The van der Waals surface area contributed by atoms with E-state index in [1.165, 1.54) is 29.4 Å². The van der Waals surface area contributed by atoms with E-state index in [2.05, 4.69) is 34.1 Å². The van der Waals surface area contributed by atoms with Crippen LogP contribution in [-0.2, 0) is 9.84 Å². The average molecular weight is 482 g/mol. The molecule has 0 saturated heterocycles. The predicted molar refractivity (Wildman–Crippen MR) is 127 cm³/mol. The summed E-state index contributed by atoms with van der Waals surface area (Å²) in [6.07, 6.45) is 1.98. The van der Waals surface area contributed by atoms with Crippen LogP contribution >= 0.6 is 23.1 Å². The van der Waals surface area contributed by atoms with Crippen molar-refractivity contribution in [2.45, 2.75) is 48.5 Å². The maximum atomic E-state index is 11.9. The van der Waals surface area contributed by atoms with E-state index < -0.39 is 9.84 Å². The van der Waals surface area contributed by atoms with E-state index in [0.717, 1.165) is 16.7 Å². The van der Waals surface area contributed by atoms with E-state index in [4.69, 9.17) is 5.73 Å². The van der Waals surface area contributed by atoms with Gasteiger partial charge < -0.3 is 16.2 Å². The first-order valence-corrected chi connectivity index (χ1v) is 13.4. The van der Waals surface area contributed by atoms with Gasteiger partial charge in [0.1, 0.15) is 4.70 Å². The number of aromatic nitrogens is 3. The molecular weight excluding hydrogens is 454 g/mol. The van der Waals surface area contributed by atoms with Crippen molar-refractivity contribution >= 4 is 54.2 Å². The monoisotopic (exact) mass is 481 g/mol. The first-order valence-electron chi connectivity index (χ1n) is 9.85. The van der Waals surface area contributed by atoms with Crippen molar-refractivity contribution in [3.8, 4) is 0 Å². The predicted octanol–water partition coefficient (Wildman–Crippen LogP) is 3.74. The van der Waals surface area contributed by atoms with Crippen molar-refractivity contribution in [3.63, 3.8) is 0 Å². The summed E-state index contributed by atoms with van der Waals surface area (Å²) in [6.45, 7) is 6.14. The van der Waals surface area contributed by atoms with Gasteiger partial charge in [-0.25, -0.2) is 23.4 Å². The number of rotatable bonds is 9. The fourth-order valence-electron chi connectivity index (χ4n) is 3.14. The first-order chi connectivity index (χ1) is 14.6. The van der Waals surface area contributed by atoms with Crippen LogP contribution in [0.1, 0.15) is 38.0 Å². The Morgan fingerprint density at radius 2 is 1.97 bits per heavy atom. The molecule has 8 nitrogen and oxygen atoms in total. The van der Waals surface area contributed by atoms with Gasteiger partial charge in [-0.15, -0.1) is 0 Å². The van der Waals surface area contributed by atoms with Gasteiger partial charge in [-0.3, -0.25) is 0 Å². The van der Waals surface area contributed by atoms with Crippen molar-refractivity contribution < 1.29 is 13.5 Å². The molecule has 3 aromatic rings. The van der Waals surface area contributed by atoms with Gasteiger partial charge >= 0.3 is 0 Å². The molecular formula is C20H27N5O3S3. The smallest absolute Gasteiger partial charge is 0.192 e. The molecule has 11 heteroatoms. The van der Waals surface area contributed by atoms with E-state index in [-0.39, 0.29) is 22.8 Å². The van der Waals surface area contributed by atoms with Gasteiger partial charge in [-0.2, -0.15) is 0 Å². The Morgan fingerprint density at radius 3 is 2.61 bits per heavy atom. The molecule has 0 bridgehead atoms. The maximum Gasteiger partial charge on any atom is 0.192 e. The first kappa shape index (κ1) is 23.7. The highest BCUT2D eigenvalue weighted by Crippen LogP contribution is 2.37. The van der Waals surface area contributed by atoms with Crippen LogP contribution in [0.15, 0.2) is 34.3 Å². The summed E-state index contributed by atoms with van der Waals surface area (Å²) in [6, 6.07) is 6.73. The van der Waals surface area contributed by atoms with Crippen LogP contribution in [0.2, 0.25) is 0 Å². The normalized spacial score (nSPS) is 14.1. The highest BCUT2D eigenvalue weighted by molar-refractivity contribution is 7.99. The number of sulfone groups is 1. The summed E-state index contributed by atoms with van der Waals surface area (Å²) < 4.78 is 24.5. The Kier molecular flexibility index (Phi) is 7.40. The van der Waals surface area contributed by atoms with Crippen LogP contribution < -0.4 is 11.1 Å². The van der Waals surface area contributed by atoms with Crippen molar-refractivity contribution in [2.75, 3.05) is 23.9 Å². The van der Waals surface area contributed by atoms with Crippen molar-refractivity contribution in [2.24, 2.45) is 5.92 Å². The molecule has 0 amide bonds.